The normalized spacial score (nSPS) is 18.9. The van der Waals surface area contributed by atoms with Gasteiger partial charge in [0.2, 0.25) is 0 Å². The summed E-state index contributed by atoms with van der Waals surface area (Å²) in [4.78, 5) is 23.9. The first-order valence-corrected chi connectivity index (χ1v) is 6.50. The number of ether oxygens (including phenoxy) is 1. The van der Waals surface area contributed by atoms with E-state index in [-0.39, 0.29) is 24.1 Å². The summed E-state index contributed by atoms with van der Waals surface area (Å²) in [6, 6.07) is 7.70. The molecule has 1 aliphatic carbocycles. The number of carbonyl (C=O) groups excluding carboxylic acids is 2. The highest BCUT2D eigenvalue weighted by molar-refractivity contribution is 6.00. The number of rotatable bonds is 3. The van der Waals surface area contributed by atoms with Crippen molar-refractivity contribution in [3.8, 4) is 0 Å². The Morgan fingerprint density at radius 3 is 2.94 bits per heavy atom. The highest BCUT2D eigenvalue weighted by atomic mass is 16.5. The molecule has 0 bridgehead atoms. The Hall–Kier alpha value is -1.64. The lowest BCUT2D eigenvalue weighted by Crippen LogP contribution is -2.19. The zero-order valence-electron chi connectivity index (χ0n) is 10.6. The summed E-state index contributed by atoms with van der Waals surface area (Å²) in [5.41, 5.74) is 1.89. The van der Waals surface area contributed by atoms with Crippen LogP contribution in [0.2, 0.25) is 0 Å². The van der Waals surface area contributed by atoms with E-state index in [1.807, 2.05) is 24.3 Å². The van der Waals surface area contributed by atoms with E-state index in [1.54, 1.807) is 6.92 Å². The van der Waals surface area contributed by atoms with Crippen LogP contribution in [0.15, 0.2) is 24.3 Å². The molecule has 96 valence electrons. The number of aryl methyl sites for hydroxylation is 1. The minimum absolute atomic E-state index is 0.0937. The van der Waals surface area contributed by atoms with Gasteiger partial charge in [0.05, 0.1) is 13.0 Å². The van der Waals surface area contributed by atoms with Crippen LogP contribution in [0.25, 0.3) is 0 Å². The zero-order chi connectivity index (χ0) is 13.0. The fourth-order valence-electron chi connectivity index (χ4n) is 2.48. The van der Waals surface area contributed by atoms with Gasteiger partial charge >= 0.3 is 5.97 Å². The zero-order valence-corrected chi connectivity index (χ0v) is 10.6. The fraction of sp³-hybridized carbons (Fsp3) is 0.467. The number of hydrogen-bond donors (Lipinski definition) is 0. The first kappa shape index (κ1) is 12.8. The Kier molecular flexibility index (Phi) is 4.13. The van der Waals surface area contributed by atoms with Crippen molar-refractivity contribution in [2.75, 3.05) is 6.61 Å². The third-order valence-corrected chi connectivity index (χ3v) is 3.37. The van der Waals surface area contributed by atoms with E-state index in [0.717, 1.165) is 30.4 Å². The molecule has 0 aliphatic heterocycles. The molecule has 1 aromatic carbocycles. The minimum atomic E-state index is -0.268. The molecule has 2 rings (SSSR count). The van der Waals surface area contributed by atoms with Crippen LogP contribution < -0.4 is 0 Å². The average Bonchev–Trinajstić information content (AvgIpc) is 2.51. The Morgan fingerprint density at radius 2 is 2.17 bits per heavy atom. The van der Waals surface area contributed by atoms with Gasteiger partial charge in [-0.1, -0.05) is 24.3 Å². The van der Waals surface area contributed by atoms with Crippen molar-refractivity contribution in [2.24, 2.45) is 5.92 Å². The predicted octanol–water partition coefficient (Wildman–Crippen LogP) is 2.78. The van der Waals surface area contributed by atoms with E-state index in [1.165, 1.54) is 0 Å². The minimum Gasteiger partial charge on any atom is -0.466 e. The average molecular weight is 246 g/mol. The fourth-order valence-corrected chi connectivity index (χ4v) is 2.48. The van der Waals surface area contributed by atoms with Gasteiger partial charge in [0.1, 0.15) is 0 Å². The summed E-state index contributed by atoms with van der Waals surface area (Å²) >= 11 is 0. The third-order valence-electron chi connectivity index (χ3n) is 3.37. The Labute approximate surface area is 107 Å². The number of benzene rings is 1. The molecule has 0 amide bonds. The maximum absolute atomic E-state index is 12.4. The van der Waals surface area contributed by atoms with Crippen LogP contribution in [0.1, 0.15) is 42.1 Å². The van der Waals surface area contributed by atoms with E-state index in [9.17, 15) is 9.59 Å². The summed E-state index contributed by atoms with van der Waals surface area (Å²) in [7, 11) is 0. The second-order valence-electron chi connectivity index (χ2n) is 4.62. The third kappa shape index (κ3) is 2.78. The van der Waals surface area contributed by atoms with Gasteiger partial charge in [-0.2, -0.15) is 0 Å². The van der Waals surface area contributed by atoms with Gasteiger partial charge < -0.3 is 4.74 Å². The number of fused-ring (bicyclic) bond motifs is 1. The molecule has 18 heavy (non-hydrogen) atoms. The maximum atomic E-state index is 12.4. The van der Waals surface area contributed by atoms with Crippen molar-refractivity contribution in [1.29, 1.82) is 0 Å². The molecule has 0 heterocycles. The molecule has 0 N–H and O–H groups in total. The van der Waals surface area contributed by atoms with Crippen LogP contribution in [0.5, 0.6) is 0 Å². The van der Waals surface area contributed by atoms with Crippen molar-refractivity contribution in [3.05, 3.63) is 35.4 Å². The predicted molar refractivity (Wildman–Crippen MR) is 68.5 cm³/mol. The Bertz CT molecular complexity index is 451. The smallest absolute Gasteiger partial charge is 0.306 e. The van der Waals surface area contributed by atoms with Gasteiger partial charge in [0.15, 0.2) is 5.78 Å². The molecule has 1 atom stereocenters. The molecule has 0 saturated carbocycles. The molecule has 1 aromatic rings. The number of hydrogen-bond acceptors (Lipinski definition) is 3. The molecule has 0 fully saturated rings. The first-order chi connectivity index (χ1) is 8.72. The molecule has 1 aliphatic rings. The van der Waals surface area contributed by atoms with Crippen molar-refractivity contribution in [3.63, 3.8) is 0 Å². The summed E-state index contributed by atoms with van der Waals surface area (Å²) in [5, 5.41) is 0. The molecule has 0 radical (unpaired) electrons. The summed E-state index contributed by atoms with van der Waals surface area (Å²) < 4.78 is 4.93. The molecule has 1 unspecified atom stereocenters. The number of carbonyl (C=O) groups is 2. The summed E-state index contributed by atoms with van der Waals surface area (Å²) in [6.45, 7) is 2.15. The molecule has 0 saturated heterocycles. The second-order valence-corrected chi connectivity index (χ2v) is 4.62. The second kappa shape index (κ2) is 5.80. The van der Waals surface area contributed by atoms with E-state index in [2.05, 4.69) is 0 Å². The number of ketones is 1. The Morgan fingerprint density at radius 1 is 1.39 bits per heavy atom. The van der Waals surface area contributed by atoms with Crippen LogP contribution in [0, 0.1) is 5.92 Å². The van der Waals surface area contributed by atoms with Gasteiger partial charge in [0.25, 0.3) is 0 Å². The Balaban J connectivity index is 2.15. The SMILES string of the molecule is CCOC(=O)CC1CCCc2ccccc2C1=O. The van der Waals surface area contributed by atoms with Crippen LogP contribution >= 0.6 is 0 Å². The molecule has 0 aromatic heterocycles. The monoisotopic (exact) mass is 246 g/mol. The van der Waals surface area contributed by atoms with Crippen LogP contribution in [-0.2, 0) is 16.0 Å². The lowest BCUT2D eigenvalue weighted by molar-refractivity contribution is -0.143. The maximum Gasteiger partial charge on any atom is 0.306 e. The van der Waals surface area contributed by atoms with E-state index >= 15 is 0 Å². The topological polar surface area (TPSA) is 43.4 Å². The van der Waals surface area contributed by atoms with E-state index < -0.39 is 0 Å². The van der Waals surface area contributed by atoms with Crippen LogP contribution in [-0.4, -0.2) is 18.4 Å². The molecule has 3 heteroatoms. The van der Waals surface area contributed by atoms with Crippen LogP contribution in [0.4, 0.5) is 0 Å². The molecular weight excluding hydrogens is 228 g/mol. The molecule has 3 nitrogen and oxygen atoms in total. The number of esters is 1. The number of Topliss-reactive ketones (excluding diaryl/α,β-unsaturated/α-hetero) is 1. The van der Waals surface area contributed by atoms with E-state index in [4.69, 9.17) is 4.74 Å². The van der Waals surface area contributed by atoms with Crippen LogP contribution in [0.3, 0.4) is 0 Å². The first-order valence-electron chi connectivity index (χ1n) is 6.50. The lowest BCUT2D eigenvalue weighted by atomic mass is 9.92. The molecule has 0 spiro atoms. The highest BCUT2D eigenvalue weighted by Crippen LogP contribution is 2.26. The summed E-state index contributed by atoms with van der Waals surface area (Å²) in [6.07, 6.45) is 2.85. The van der Waals surface area contributed by atoms with Gasteiger partial charge in [-0.25, -0.2) is 0 Å². The summed E-state index contributed by atoms with van der Waals surface area (Å²) in [5.74, 6) is -0.390. The van der Waals surface area contributed by atoms with Gasteiger partial charge in [-0.3, -0.25) is 9.59 Å². The highest BCUT2D eigenvalue weighted by Gasteiger charge is 2.27. The van der Waals surface area contributed by atoms with Gasteiger partial charge in [-0.15, -0.1) is 0 Å². The molecular formula is C15H18O3. The van der Waals surface area contributed by atoms with Crippen molar-refractivity contribution in [2.45, 2.75) is 32.6 Å². The van der Waals surface area contributed by atoms with Crippen molar-refractivity contribution in [1.82, 2.24) is 0 Å². The lowest BCUT2D eigenvalue weighted by Gasteiger charge is -2.12. The van der Waals surface area contributed by atoms with E-state index in [0.29, 0.717) is 6.61 Å². The standard InChI is InChI=1S/C15H18O3/c1-2-18-14(16)10-12-8-5-7-11-6-3-4-9-13(11)15(12)17/h3-4,6,9,12H,2,5,7-8,10H2,1H3. The van der Waals surface area contributed by atoms with Crippen molar-refractivity contribution < 1.29 is 14.3 Å². The quantitative estimate of drug-likeness (QED) is 0.608. The van der Waals surface area contributed by atoms with Gasteiger partial charge in [0, 0.05) is 11.5 Å². The van der Waals surface area contributed by atoms with Gasteiger partial charge in [-0.05, 0) is 31.7 Å². The largest absolute Gasteiger partial charge is 0.466 e. The van der Waals surface area contributed by atoms with Crippen molar-refractivity contribution >= 4 is 11.8 Å².